The van der Waals surface area contributed by atoms with Gasteiger partial charge >= 0.3 is 24.3 Å². The molecule has 2 atom stereocenters. The highest BCUT2D eigenvalue weighted by Crippen LogP contribution is 2.34. The molecular formula is C23H25F6N3O5S. The van der Waals surface area contributed by atoms with Crippen molar-refractivity contribution in [2.24, 2.45) is 0 Å². The van der Waals surface area contributed by atoms with Crippen LogP contribution in [0.25, 0.3) is 0 Å². The van der Waals surface area contributed by atoms with Crippen LogP contribution in [0.5, 0.6) is 0 Å². The molecule has 0 aromatic carbocycles. The third-order valence-corrected chi connectivity index (χ3v) is 6.73. The lowest BCUT2D eigenvalue weighted by molar-refractivity contribution is -0.193. The molecule has 0 radical (unpaired) electrons. The number of piperidine rings is 1. The topological polar surface area (TPSA) is 111 Å². The molecule has 38 heavy (non-hydrogen) atoms. The molecule has 2 aromatic heterocycles. The van der Waals surface area contributed by atoms with Crippen LogP contribution < -0.4 is 0 Å². The molecule has 8 nitrogen and oxygen atoms in total. The minimum absolute atomic E-state index is 0.307. The molecule has 4 rings (SSSR count). The largest absolute Gasteiger partial charge is 0.490 e. The van der Waals surface area contributed by atoms with Gasteiger partial charge < -0.3 is 15.1 Å². The Kier molecular flexibility index (Phi) is 10.6. The van der Waals surface area contributed by atoms with Crippen molar-refractivity contribution in [3.8, 4) is 0 Å². The van der Waals surface area contributed by atoms with Gasteiger partial charge in [-0.1, -0.05) is 0 Å². The zero-order chi connectivity index (χ0) is 28.7. The van der Waals surface area contributed by atoms with Crippen molar-refractivity contribution in [1.82, 2.24) is 14.8 Å². The molecule has 0 spiro atoms. The number of carboxylic acids is 2. The SMILES string of the molecule is Cc1ccc(CN2CC[C@@H]3[C@H]2CCC(=O)N3Cc2ccncc2)s1.O=C(O)C(F)(F)F.O=C(O)C(F)(F)F. The molecule has 0 unspecified atom stereocenters. The number of fused-ring (bicyclic) bond motifs is 1. The molecule has 2 aromatic rings. The van der Waals surface area contributed by atoms with Crippen molar-refractivity contribution in [3.05, 3.63) is 52.0 Å². The Morgan fingerprint density at radius 2 is 1.50 bits per heavy atom. The van der Waals surface area contributed by atoms with Crippen molar-refractivity contribution in [2.75, 3.05) is 6.54 Å². The first-order valence-electron chi connectivity index (χ1n) is 11.2. The van der Waals surface area contributed by atoms with Gasteiger partial charge in [-0.15, -0.1) is 11.3 Å². The first kappa shape index (κ1) is 31.0. The summed E-state index contributed by atoms with van der Waals surface area (Å²) in [6, 6.07) is 9.34. The Balaban J connectivity index is 0.000000301. The number of carbonyl (C=O) groups is 3. The highest BCUT2D eigenvalue weighted by Gasteiger charge is 2.43. The van der Waals surface area contributed by atoms with Crippen molar-refractivity contribution < 1.29 is 50.9 Å². The summed E-state index contributed by atoms with van der Waals surface area (Å²) in [6.45, 7) is 4.99. The maximum atomic E-state index is 12.5. The molecule has 210 valence electrons. The predicted octanol–water partition coefficient (Wildman–Crippen LogP) is 4.48. The Hall–Kier alpha value is -3.20. The van der Waals surface area contributed by atoms with Crippen molar-refractivity contribution in [2.45, 2.75) is 63.7 Å². The summed E-state index contributed by atoms with van der Waals surface area (Å²) in [5.41, 5.74) is 1.17. The first-order chi connectivity index (χ1) is 17.6. The minimum atomic E-state index is -5.08. The van der Waals surface area contributed by atoms with Crippen LogP contribution in [0, 0.1) is 6.92 Å². The van der Waals surface area contributed by atoms with Gasteiger partial charge in [0.25, 0.3) is 0 Å². The van der Waals surface area contributed by atoms with Crippen LogP contribution in [0.2, 0.25) is 0 Å². The molecule has 2 saturated heterocycles. The van der Waals surface area contributed by atoms with Gasteiger partial charge in [-0.25, -0.2) is 9.59 Å². The number of carboxylic acid groups (broad SMARTS) is 2. The smallest absolute Gasteiger partial charge is 0.475 e. The van der Waals surface area contributed by atoms with Gasteiger partial charge in [-0.3, -0.25) is 14.7 Å². The first-order valence-corrected chi connectivity index (χ1v) is 12.0. The number of pyridine rings is 1. The normalized spacial score (nSPS) is 19.6. The van der Waals surface area contributed by atoms with E-state index in [-0.39, 0.29) is 0 Å². The number of hydrogen-bond acceptors (Lipinski definition) is 6. The number of amides is 1. The summed E-state index contributed by atoms with van der Waals surface area (Å²) in [5.74, 6) is -5.21. The Labute approximate surface area is 217 Å². The maximum absolute atomic E-state index is 12.5. The summed E-state index contributed by atoms with van der Waals surface area (Å²) < 4.78 is 63.5. The third kappa shape index (κ3) is 9.28. The van der Waals surface area contributed by atoms with E-state index in [2.05, 4.69) is 33.8 Å². The zero-order valence-corrected chi connectivity index (χ0v) is 20.8. The van der Waals surface area contributed by atoms with E-state index < -0.39 is 24.3 Å². The van der Waals surface area contributed by atoms with Crippen LogP contribution in [-0.4, -0.2) is 73.8 Å². The summed E-state index contributed by atoms with van der Waals surface area (Å²) >= 11 is 1.89. The summed E-state index contributed by atoms with van der Waals surface area (Å²) in [7, 11) is 0. The number of halogens is 6. The minimum Gasteiger partial charge on any atom is -0.475 e. The quantitative estimate of drug-likeness (QED) is 0.523. The van der Waals surface area contributed by atoms with Crippen LogP contribution in [0.3, 0.4) is 0 Å². The Bertz CT molecular complexity index is 1070. The number of thiophene rings is 1. The lowest BCUT2D eigenvalue weighted by Crippen LogP contribution is -2.51. The van der Waals surface area contributed by atoms with Crippen molar-refractivity contribution >= 4 is 29.2 Å². The number of aryl methyl sites for hydroxylation is 1. The van der Waals surface area contributed by atoms with Crippen molar-refractivity contribution in [3.63, 3.8) is 0 Å². The molecule has 2 aliphatic rings. The lowest BCUT2D eigenvalue weighted by atomic mass is 9.95. The monoisotopic (exact) mass is 569 g/mol. The van der Waals surface area contributed by atoms with Gasteiger partial charge in [-0.05, 0) is 49.6 Å². The van der Waals surface area contributed by atoms with Crippen LogP contribution in [0.4, 0.5) is 26.3 Å². The van der Waals surface area contributed by atoms with E-state index in [1.165, 1.54) is 15.3 Å². The van der Waals surface area contributed by atoms with E-state index in [0.717, 1.165) is 25.9 Å². The fraction of sp³-hybridized carbons (Fsp3) is 0.478. The van der Waals surface area contributed by atoms with E-state index >= 15 is 0 Å². The molecule has 2 fully saturated rings. The number of hydrogen-bond donors (Lipinski definition) is 2. The molecule has 2 N–H and O–H groups in total. The van der Waals surface area contributed by atoms with Crippen LogP contribution in [0.1, 0.15) is 34.6 Å². The standard InChI is InChI=1S/C19H23N3OS.2C2HF3O2/c1-14-2-3-16(24-14)13-21-11-8-18-17(21)4-5-19(23)22(18)12-15-6-9-20-10-7-15;2*3-2(4,5)1(6)7/h2-3,6-7,9-10,17-18H,4-5,8,11-13H2,1H3;2*(H,6,7)/t17-,18-;;/m1../s1. The number of aliphatic carboxylic acids is 2. The second-order valence-electron chi connectivity index (χ2n) is 8.43. The summed E-state index contributed by atoms with van der Waals surface area (Å²) in [5, 5.41) is 14.2. The fourth-order valence-electron chi connectivity index (χ4n) is 4.09. The number of nitrogens with zero attached hydrogens (tertiary/aromatic N) is 3. The molecule has 15 heteroatoms. The average molecular weight is 570 g/mol. The fourth-order valence-corrected chi connectivity index (χ4v) is 5.01. The Morgan fingerprint density at radius 3 is 1.97 bits per heavy atom. The molecule has 0 bridgehead atoms. The number of alkyl halides is 6. The van der Waals surface area contributed by atoms with Crippen LogP contribution >= 0.6 is 11.3 Å². The number of carbonyl (C=O) groups excluding carboxylic acids is 1. The molecule has 2 aliphatic heterocycles. The van der Waals surface area contributed by atoms with Crippen molar-refractivity contribution in [1.29, 1.82) is 0 Å². The number of aromatic nitrogens is 1. The number of rotatable bonds is 4. The van der Waals surface area contributed by atoms with E-state index in [9.17, 15) is 31.1 Å². The number of likely N-dealkylation sites (tertiary alicyclic amines) is 2. The lowest BCUT2D eigenvalue weighted by Gasteiger charge is -2.40. The molecule has 4 heterocycles. The second kappa shape index (κ2) is 13.0. The van der Waals surface area contributed by atoms with Gasteiger partial charge in [0.2, 0.25) is 5.91 Å². The zero-order valence-electron chi connectivity index (χ0n) is 20.0. The molecular weight excluding hydrogens is 544 g/mol. The molecule has 0 saturated carbocycles. The highest BCUT2D eigenvalue weighted by atomic mass is 32.1. The summed E-state index contributed by atoms with van der Waals surface area (Å²) in [6.07, 6.45) is -3.79. The molecule has 1 amide bonds. The van der Waals surface area contributed by atoms with Gasteiger partial charge in [0.1, 0.15) is 0 Å². The highest BCUT2D eigenvalue weighted by molar-refractivity contribution is 7.11. The summed E-state index contributed by atoms with van der Waals surface area (Å²) in [4.78, 5) is 41.9. The van der Waals surface area contributed by atoms with E-state index in [1.807, 2.05) is 23.5 Å². The van der Waals surface area contributed by atoms with Gasteiger partial charge in [-0.2, -0.15) is 26.3 Å². The van der Waals surface area contributed by atoms with Crippen LogP contribution in [-0.2, 0) is 27.5 Å². The van der Waals surface area contributed by atoms with E-state index in [1.54, 1.807) is 12.4 Å². The molecule has 0 aliphatic carbocycles. The van der Waals surface area contributed by atoms with E-state index in [4.69, 9.17) is 19.8 Å². The maximum Gasteiger partial charge on any atom is 0.490 e. The van der Waals surface area contributed by atoms with E-state index in [0.29, 0.717) is 31.0 Å². The third-order valence-electron chi connectivity index (χ3n) is 5.74. The van der Waals surface area contributed by atoms with Gasteiger partial charge in [0, 0.05) is 60.3 Å². The average Bonchev–Trinajstić information content (AvgIpc) is 3.42. The van der Waals surface area contributed by atoms with Gasteiger partial charge in [0.05, 0.1) is 0 Å². The van der Waals surface area contributed by atoms with Gasteiger partial charge in [0.15, 0.2) is 0 Å². The predicted molar refractivity (Wildman–Crippen MR) is 123 cm³/mol. The Morgan fingerprint density at radius 1 is 0.947 bits per heavy atom. The van der Waals surface area contributed by atoms with Crippen LogP contribution in [0.15, 0.2) is 36.7 Å². The second-order valence-corrected chi connectivity index (χ2v) is 9.80.